The van der Waals surface area contributed by atoms with Gasteiger partial charge in [0.05, 0.1) is 16.3 Å². The third-order valence-corrected chi connectivity index (χ3v) is 7.12. The van der Waals surface area contributed by atoms with Crippen molar-refractivity contribution in [1.29, 1.82) is 0 Å². The Hall–Kier alpha value is -3.70. The predicted molar refractivity (Wildman–Crippen MR) is 132 cm³/mol. The van der Waals surface area contributed by atoms with Crippen LogP contribution in [0.5, 0.6) is 0 Å². The fourth-order valence-corrected chi connectivity index (χ4v) is 4.80. The second kappa shape index (κ2) is 9.75. The third kappa shape index (κ3) is 5.26. The topological polar surface area (TPSA) is 114 Å². The zero-order valence-electron chi connectivity index (χ0n) is 19.9. The maximum Gasteiger partial charge on any atom is 0.247 e. The summed E-state index contributed by atoms with van der Waals surface area (Å²) in [6.45, 7) is 3.89. The Balaban J connectivity index is 1.28. The molecule has 0 radical (unpaired) electrons. The van der Waals surface area contributed by atoms with Gasteiger partial charge in [0.1, 0.15) is 17.5 Å². The molecule has 0 saturated heterocycles. The number of aryl methyl sites for hydroxylation is 1. The van der Waals surface area contributed by atoms with E-state index in [0.717, 1.165) is 42.2 Å². The average Bonchev–Trinajstić information content (AvgIpc) is 3.33. The second-order valence-electron chi connectivity index (χ2n) is 8.73. The number of nitrogens with zero attached hydrogens (tertiary/aromatic N) is 5. The van der Waals surface area contributed by atoms with Gasteiger partial charge >= 0.3 is 0 Å². The molecule has 2 aromatic carbocycles. The van der Waals surface area contributed by atoms with Crippen molar-refractivity contribution < 1.29 is 17.2 Å². The van der Waals surface area contributed by atoms with E-state index < -0.39 is 15.7 Å². The Bertz CT molecular complexity index is 1510. The molecule has 9 nitrogen and oxygen atoms in total. The quantitative estimate of drug-likeness (QED) is 0.399. The normalized spacial score (nSPS) is 14.0. The average molecular weight is 509 g/mol. The lowest BCUT2D eigenvalue weighted by atomic mass is 10.0. The molecule has 5 rings (SSSR count). The van der Waals surface area contributed by atoms with Crippen LogP contribution in [0.2, 0.25) is 0 Å². The van der Waals surface area contributed by atoms with Crippen molar-refractivity contribution in [3.05, 3.63) is 77.3 Å². The highest BCUT2D eigenvalue weighted by atomic mass is 32.2. The first kappa shape index (κ1) is 24.0. The minimum absolute atomic E-state index is 0.0702. The summed E-state index contributed by atoms with van der Waals surface area (Å²) in [6, 6.07) is 13.5. The molecule has 0 atom stereocenters. The largest absolute Gasteiger partial charge is 0.421 e. The molecular formula is C25H25FN6O3S. The predicted octanol–water partition coefficient (Wildman–Crippen LogP) is 3.72. The minimum atomic E-state index is -3.49. The van der Waals surface area contributed by atoms with Gasteiger partial charge in [0.2, 0.25) is 11.8 Å². The van der Waals surface area contributed by atoms with E-state index in [-0.39, 0.29) is 10.6 Å². The summed E-state index contributed by atoms with van der Waals surface area (Å²) in [5, 5.41) is 11.4. The van der Waals surface area contributed by atoms with Crippen LogP contribution in [0.1, 0.15) is 23.0 Å². The number of fused-ring (bicyclic) bond motifs is 1. The van der Waals surface area contributed by atoms with Crippen molar-refractivity contribution in [2.24, 2.45) is 0 Å². The van der Waals surface area contributed by atoms with Gasteiger partial charge in [-0.2, -0.15) is 0 Å². The first-order valence-electron chi connectivity index (χ1n) is 11.5. The molecule has 0 bridgehead atoms. The van der Waals surface area contributed by atoms with Crippen molar-refractivity contribution in [3.8, 4) is 11.5 Å². The highest BCUT2D eigenvalue weighted by Crippen LogP contribution is 2.28. The van der Waals surface area contributed by atoms with Crippen LogP contribution < -0.4 is 5.32 Å². The molecule has 1 aliphatic heterocycles. The molecule has 36 heavy (non-hydrogen) atoms. The Morgan fingerprint density at radius 2 is 1.92 bits per heavy atom. The van der Waals surface area contributed by atoms with Gasteiger partial charge in [-0.25, -0.2) is 22.8 Å². The number of hydrogen-bond donors (Lipinski definition) is 1. The standard InChI is InChI=1S/C25H25FN6O3S/c1-16-27-22-15-32(13-11-23-30-31-25(35-23)17-6-4-3-5-7-17)12-10-19(22)24(28-16)29-21-9-8-18(14-20(21)26)36(2,33)34/h3-9,14H,10-13,15H2,1-2H3,(H,27,28,29). The van der Waals surface area contributed by atoms with Crippen molar-refractivity contribution in [2.45, 2.75) is 31.2 Å². The SMILES string of the molecule is Cc1nc2c(c(Nc3ccc(S(C)(=O)=O)cc3F)n1)CCN(CCc1nnc(-c3ccccc3)o1)C2. The fraction of sp³-hybridized carbons (Fsp3) is 0.280. The van der Waals surface area contributed by atoms with Gasteiger partial charge in [-0.15, -0.1) is 10.2 Å². The van der Waals surface area contributed by atoms with Crippen LogP contribution in [0.3, 0.4) is 0 Å². The molecule has 186 valence electrons. The minimum Gasteiger partial charge on any atom is -0.421 e. The fourth-order valence-electron chi connectivity index (χ4n) is 4.16. The van der Waals surface area contributed by atoms with Crippen LogP contribution in [-0.2, 0) is 29.2 Å². The summed E-state index contributed by atoms with van der Waals surface area (Å²) in [5.41, 5.74) is 2.85. The lowest BCUT2D eigenvalue weighted by Gasteiger charge is -2.29. The smallest absolute Gasteiger partial charge is 0.247 e. The molecule has 0 amide bonds. The van der Waals surface area contributed by atoms with Gasteiger partial charge in [-0.1, -0.05) is 18.2 Å². The Morgan fingerprint density at radius 1 is 1.11 bits per heavy atom. The summed E-state index contributed by atoms with van der Waals surface area (Å²) in [5.74, 6) is 1.53. The maximum absolute atomic E-state index is 14.6. The zero-order valence-corrected chi connectivity index (χ0v) is 20.7. The van der Waals surface area contributed by atoms with Gasteiger partial charge in [-0.05, 0) is 43.7 Å². The third-order valence-electron chi connectivity index (χ3n) is 6.01. The number of halogens is 1. The molecule has 0 spiro atoms. The lowest BCUT2D eigenvalue weighted by molar-refractivity contribution is 0.246. The van der Waals surface area contributed by atoms with Gasteiger partial charge < -0.3 is 9.73 Å². The van der Waals surface area contributed by atoms with E-state index in [1.54, 1.807) is 6.92 Å². The Labute approximate surface area is 208 Å². The summed E-state index contributed by atoms with van der Waals surface area (Å²) in [4.78, 5) is 11.3. The molecule has 0 saturated carbocycles. The van der Waals surface area contributed by atoms with Gasteiger partial charge in [-0.3, -0.25) is 4.90 Å². The number of benzene rings is 2. The number of sulfone groups is 1. The van der Waals surface area contributed by atoms with E-state index in [1.165, 1.54) is 12.1 Å². The number of nitrogens with one attached hydrogen (secondary N) is 1. The van der Waals surface area contributed by atoms with E-state index >= 15 is 0 Å². The highest BCUT2D eigenvalue weighted by molar-refractivity contribution is 7.90. The molecule has 11 heteroatoms. The van der Waals surface area contributed by atoms with Crippen LogP contribution >= 0.6 is 0 Å². The highest BCUT2D eigenvalue weighted by Gasteiger charge is 2.23. The molecule has 0 unspecified atom stereocenters. The molecule has 0 aliphatic carbocycles. The van der Waals surface area contributed by atoms with Gasteiger partial charge in [0.25, 0.3) is 0 Å². The van der Waals surface area contributed by atoms with Crippen LogP contribution in [0, 0.1) is 12.7 Å². The number of hydrogen-bond acceptors (Lipinski definition) is 9. The first-order chi connectivity index (χ1) is 17.3. The first-order valence-corrected chi connectivity index (χ1v) is 13.4. The molecule has 4 aromatic rings. The monoisotopic (exact) mass is 508 g/mol. The van der Waals surface area contributed by atoms with Crippen molar-refractivity contribution in [2.75, 3.05) is 24.7 Å². The van der Waals surface area contributed by atoms with Crippen LogP contribution in [0.4, 0.5) is 15.9 Å². The molecular weight excluding hydrogens is 483 g/mol. The lowest BCUT2D eigenvalue weighted by Crippen LogP contribution is -2.33. The molecule has 1 aliphatic rings. The van der Waals surface area contributed by atoms with Crippen molar-refractivity contribution in [1.82, 2.24) is 25.1 Å². The molecule has 3 heterocycles. The second-order valence-corrected chi connectivity index (χ2v) is 10.7. The zero-order chi connectivity index (χ0) is 25.3. The summed E-state index contributed by atoms with van der Waals surface area (Å²) in [7, 11) is -3.49. The van der Waals surface area contributed by atoms with Gasteiger partial charge in [0.15, 0.2) is 9.84 Å². The van der Waals surface area contributed by atoms with E-state index in [0.29, 0.717) is 42.8 Å². The number of anilines is 2. The Morgan fingerprint density at radius 3 is 2.67 bits per heavy atom. The molecule has 2 aromatic heterocycles. The maximum atomic E-state index is 14.6. The van der Waals surface area contributed by atoms with E-state index in [1.807, 2.05) is 30.3 Å². The molecule has 0 fully saturated rings. The van der Waals surface area contributed by atoms with E-state index in [2.05, 4.69) is 30.4 Å². The summed E-state index contributed by atoms with van der Waals surface area (Å²) < 4.78 is 43.9. The summed E-state index contributed by atoms with van der Waals surface area (Å²) >= 11 is 0. The van der Waals surface area contributed by atoms with Crippen LogP contribution in [0.25, 0.3) is 11.5 Å². The number of rotatable bonds is 7. The van der Waals surface area contributed by atoms with Crippen LogP contribution in [-0.4, -0.2) is 52.8 Å². The molecule has 1 N–H and O–H groups in total. The van der Waals surface area contributed by atoms with Crippen molar-refractivity contribution in [3.63, 3.8) is 0 Å². The van der Waals surface area contributed by atoms with Crippen molar-refractivity contribution >= 4 is 21.3 Å². The Kier molecular flexibility index (Phi) is 6.50. The van der Waals surface area contributed by atoms with E-state index in [4.69, 9.17) is 4.42 Å². The van der Waals surface area contributed by atoms with E-state index in [9.17, 15) is 12.8 Å². The number of aromatic nitrogens is 4. The van der Waals surface area contributed by atoms with Gasteiger partial charge in [0, 0.05) is 43.4 Å². The summed E-state index contributed by atoms with van der Waals surface area (Å²) in [6.07, 6.45) is 2.34. The van der Waals surface area contributed by atoms with Crippen LogP contribution in [0.15, 0.2) is 57.8 Å².